The molecule has 0 aliphatic heterocycles. The van der Waals surface area contributed by atoms with Crippen LogP contribution in [0, 0.1) is 11.7 Å². The average Bonchev–Trinajstić information content (AvgIpc) is 2.83. The van der Waals surface area contributed by atoms with E-state index in [9.17, 15) is 17.6 Å². The topological polar surface area (TPSA) is 18.5 Å². The highest BCUT2D eigenvalue weighted by Crippen LogP contribution is 2.38. The molecular weight excluding hydrogens is 456 g/mol. The predicted molar refractivity (Wildman–Crippen MR) is 129 cm³/mol. The first-order valence-electron chi connectivity index (χ1n) is 12.2. The molecule has 0 bridgehead atoms. The Kier molecular flexibility index (Phi) is 7.99. The van der Waals surface area contributed by atoms with Crippen molar-refractivity contribution in [2.75, 3.05) is 0 Å². The van der Waals surface area contributed by atoms with Crippen LogP contribution in [0.4, 0.5) is 17.6 Å². The van der Waals surface area contributed by atoms with Crippen LogP contribution in [0.15, 0.2) is 66.7 Å². The molecule has 0 heterocycles. The third kappa shape index (κ3) is 7.23. The molecule has 2 nitrogen and oxygen atoms in total. The Bertz CT molecular complexity index is 1080. The van der Waals surface area contributed by atoms with E-state index >= 15 is 0 Å². The Labute approximate surface area is 203 Å². The van der Waals surface area contributed by atoms with Gasteiger partial charge in [-0.2, -0.15) is 0 Å². The van der Waals surface area contributed by atoms with E-state index in [4.69, 9.17) is 4.74 Å². The molecule has 1 aliphatic carbocycles. The summed E-state index contributed by atoms with van der Waals surface area (Å²) in [4.78, 5) is 0. The van der Waals surface area contributed by atoms with Crippen LogP contribution in [0.1, 0.15) is 62.5 Å². The van der Waals surface area contributed by atoms with E-state index in [0.29, 0.717) is 22.8 Å². The van der Waals surface area contributed by atoms with Crippen molar-refractivity contribution in [1.29, 1.82) is 0 Å². The fraction of sp³-hybridized carbons (Fsp3) is 0.379. The van der Waals surface area contributed by atoms with Crippen molar-refractivity contribution in [1.82, 2.24) is 0 Å². The maximum atomic E-state index is 14.3. The van der Waals surface area contributed by atoms with Gasteiger partial charge in [-0.15, -0.1) is 13.2 Å². The first-order chi connectivity index (χ1) is 16.8. The maximum Gasteiger partial charge on any atom is 0.573 e. The van der Waals surface area contributed by atoms with Crippen molar-refractivity contribution in [3.8, 4) is 22.6 Å². The molecule has 1 fully saturated rings. The number of rotatable bonds is 8. The number of ether oxygens (including phenoxy) is 2. The summed E-state index contributed by atoms with van der Waals surface area (Å²) in [7, 11) is 0. The van der Waals surface area contributed by atoms with Crippen LogP contribution in [0.2, 0.25) is 0 Å². The molecule has 3 aromatic carbocycles. The van der Waals surface area contributed by atoms with E-state index in [-0.39, 0.29) is 12.4 Å². The van der Waals surface area contributed by atoms with E-state index in [1.54, 1.807) is 6.07 Å². The van der Waals surface area contributed by atoms with Gasteiger partial charge in [0, 0.05) is 6.07 Å². The summed E-state index contributed by atoms with van der Waals surface area (Å²) >= 11 is 0. The highest BCUT2D eigenvalue weighted by Gasteiger charge is 2.31. The molecule has 35 heavy (non-hydrogen) atoms. The largest absolute Gasteiger partial charge is 0.573 e. The van der Waals surface area contributed by atoms with E-state index in [0.717, 1.165) is 11.5 Å². The zero-order valence-corrected chi connectivity index (χ0v) is 19.8. The van der Waals surface area contributed by atoms with Crippen molar-refractivity contribution in [3.05, 3.63) is 83.7 Å². The lowest BCUT2D eigenvalue weighted by molar-refractivity contribution is -0.274. The standard InChI is InChI=1S/C29H30F4O2/c1-2-3-20-4-8-22(9-5-20)23-10-12-24(13-11-23)25-16-26(30)18-28(17-25)34-19-21-6-14-27(15-7-21)35-29(31,32)33/h6-7,10-18,20,22H,2-5,8-9,19H2,1H3. The van der Waals surface area contributed by atoms with E-state index < -0.39 is 12.2 Å². The predicted octanol–water partition coefficient (Wildman–Crippen LogP) is 9.04. The monoisotopic (exact) mass is 486 g/mol. The van der Waals surface area contributed by atoms with Crippen LogP contribution in [0.3, 0.4) is 0 Å². The van der Waals surface area contributed by atoms with Crippen molar-refractivity contribution >= 4 is 0 Å². The highest BCUT2D eigenvalue weighted by atomic mass is 19.4. The van der Waals surface area contributed by atoms with Gasteiger partial charge >= 0.3 is 6.36 Å². The molecule has 3 aromatic rings. The first kappa shape index (κ1) is 25.1. The Morgan fingerprint density at radius 3 is 2.11 bits per heavy atom. The Hall–Kier alpha value is -3.02. The molecule has 1 saturated carbocycles. The molecule has 0 radical (unpaired) electrons. The van der Waals surface area contributed by atoms with Gasteiger partial charge in [-0.05, 0) is 84.0 Å². The minimum atomic E-state index is -4.73. The lowest BCUT2D eigenvalue weighted by atomic mass is 9.77. The van der Waals surface area contributed by atoms with E-state index in [1.165, 1.54) is 80.5 Å². The zero-order chi connectivity index (χ0) is 24.8. The molecule has 6 heteroatoms. The van der Waals surface area contributed by atoms with Gasteiger partial charge in [0.2, 0.25) is 0 Å². The summed E-state index contributed by atoms with van der Waals surface area (Å²) in [5.41, 5.74) is 3.61. The van der Waals surface area contributed by atoms with Gasteiger partial charge in [0.05, 0.1) is 0 Å². The van der Waals surface area contributed by atoms with Crippen LogP contribution < -0.4 is 9.47 Å². The van der Waals surface area contributed by atoms with Gasteiger partial charge in [0.25, 0.3) is 0 Å². The van der Waals surface area contributed by atoms with Gasteiger partial charge in [-0.25, -0.2) is 4.39 Å². The maximum absolute atomic E-state index is 14.3. The summed E-state index contributed by atoms with van der Waals surface area (Å²) in [6, 6.07) is 18.3. The summed E-state index contributed by atoms with van der Waals surface area (Å²) in [5.74, 6) is 1.11. The molecule has 186 valence electrons. The second-order valence-corrected chi connectivity index (χ2v) is 9.28. The number of alkyl halides is 3. The quantitative estimate of drug-likeness (QED) is 0.296. The van der Waals surface area contributed by atoms with Crippen LogP contribution in [0.5, 0.6) is 11.5 Å². The summed E-state index contributed by atoms with van der Waals surface area (Å²) < 4.78 is 60.8. The molecule has 0 N–H and O–H groups in total. The van der Waals surface area contributed by atoms with Crippen LogP contribution in [0.25, 0.3) is 11.1 Å². The highest BCUT2D eigenvalue weighted by molar-refractivity contribution is 5.65. The SMILES string of the molecule is CCCC1CCC(c2ccc(-c3cc(F)cc(OCc4ccc(OC(F)(F)F)cc4)c3)cc2)CC1. The molecule has 0 amide bonds. The van der Waals surface area contributed by atoms with Gasteiger partial charge in [-0.1, -0.05) is 56.2 Å². The Morgan fingerprint density at radius 2 is 1.49 bits per heavy atom. The normalized spacial score (nSPS) is 18.3. The molecule has 0 saturated heterocycles. The minimum Gasteiger partial charge on any atom is -0.489 e. The molecule has 1 aliphatic rings. The number of hydrogen-bond acceptors (Lipinski definition) is 2. The second-order valence-electron chi connectivity index (χ2n) is 9.28. The molecule has 0 unspecified atom stereocenters. The van der Waals surface area contributed by atoms with Gasteiger partial charge in [0.15, 0.2) is 0 Å². The van der Waals surface area contributed by atoms with E-state index in [2.05, 4.69) is 23.8 Å². The third-order valence-electron chi connectivity index (χ3n) is 6.69. The number of hydrogen-bond donors (Lipinski definition) is 0. The van der Waals surface area contributed by atoms with Crippen molar-refractivity contribution < 1.29 is 27.0 Å². The molecule has 0 spiro atoms. The third-order valence-corrected chi connectivity index (χ3v) is 6.69. The zero-order valence-electron chi connectivity index (χ0n) is 19.8. The Balaban J connectivity index is 1.38. The smallest absolute Gasteiger partial charge is 0.489 e. The second kappa shape index (κ2) is 11.1. The molecule has 0 atom stereocenters. The van der Waals surface area contributed by atoms with Crippen molar-refractivity contribution in [2.45, 2.75) is 64.3 Å². The summed E-state index contributed by atoms with van der Waals surface area (Å²) in [5, 5.41) is 0. The van der Waals surface area contributed by atoms with Crippen LogP contribution >= 0.6 is 0 Å². The van der Waals surface area contributed by atoms with Crippen LogP contribution in [-0.2, 0) is 6.61 Å². The van der Waals surface area contributed by atoms with Crippen molar-refractivity contribution in [3.63, 3.8) is 0 Å². The molecule has 0 aromatic heterocycles. The minimum absolute atomic E-state index is 0.0921. The summed E-state index contributed by atoms with van der Waals surface area (Å²) in [6.45, 7) is 2.34. The summed E-state index contributed by atoms with van der Waals surface area (Å²) in [6.07, 6.45) is 2.89. The first-order valence-corrected chi connectivity index (χ1v) is 12.2. The fourth-order valence-corrected chi connectivity index (χ4v) is 4.91. The van der Waals surface area contributed by atoms with Gasteiger partial charge in [0.1, 0.15) is 23.9 Å². The molecular formula is C29H30F4O2. The van der Waals surface area contributed by atoms with Crippen molar-refractivity contribution in [2.24, 2.45) is 5.92 Å². The van der Waals surface area contributed by atoms with Crippen LogP contribution in [-0.4, -0.2) is 6.36 Å². The average molecular weight is 487 g/mol. The lowest BCUT2D eigenvalue weighted by Gasteiger charge is -2.28. The number of halogens is 4. The van der Waals surface area contributed by atoms with E-state index in [1.807, 2.05) is 12.1 Å². The van der Waals surface area contributed by atoms with Gasteiger partial charge < -0.3 is 9.47 Å². The molecule has 4 rings (SSSR count). The lowest BCUT2D eigenvalue weighted by Crippen LogP contribution is -2.17. The number of benzene rings is 3. The Morgan fingerprint density at radius 1 is 0.800 bits per heavy atom. The fourth-order valence-electron chi connectivity index (χ4n) is 4.91. The van der Waals surface area contributed by atoms with Gasteiger partial charge in [-0.3, -0.25) is 0 Å².